The number of nitrogens with zero attached hydrogens (tertiary/aromatic N) is 1. The number of hydrogen-bond donors (Lipinski definition) is 1. The van der Waals surface area contributed by atoms with Gasteiger partial charge in [-0.05, 0) is 92.4 Å². The molecule has 4 fully saturated rings. The maximum Gasteiger partial charge on any atom is 0.309 e. The fourth-order valence-electron chi connectivity index (χ4n) is 9.94. The van der Waals surface area contributed by atoms with E-state index in [-0.39, 0.29) is 46.8 Å². The van der Waals surface area contributed by atoms with E-state index in [9.17, 15) is 19.5 Å². The van der Waals surface area contributed by atoms with Gasteiger partial charge in [0.25, 0.3) is 0 Å². The largest absolute Gasteiger partial charge is 0.497 e. The summed E-state index contributed by atoms with van der Waals surface area (Å²) in [6.07, 6.45) is 7.47. The molecule has 6 heteroatoms. The monoisotopic (exact) mass is 505 g/mol. The second kappa shape index (κ2) is 7.94. The van der Waals surface area contributed by atoms with Crippen LogP contribution < -0.4 is 9.64 Å². The molecule has 0 unspecified atom stereocenters. The molecule has 37 heavy (non-hydrogen) atoms. The van der Waals surface area contributed by atoms with Gasteiger partial charge < -0.3 is 9.84 Å². The van der Waals surface area contributed by atoms with Crippen LogP contribution in [-0.2, 0) is 14.4 Å². The maximum atomic E-state index is 14.3. The predicted molar refractivity (Wildman–Crippen MR) is 140 cm³/mol. The first-order valence-electron chi connectivity index (χ1n) is 14.0. The highest BCUT2D eigenvalue weighted by molar-refractivity contribution is 6.23. The summed E-state index contributed by atoms with van der Waals surface area (Å²) in [4.78, 5) is 42.3. The first kappa shape index (κ1) is 24.7. The van der Waals surface area contributed by atoms with Gasteiger partial charge in [-0.15, -0.1) is 0 Å². The van der Waals surface area contributed by atoms with Crippen molar-refractivity contribution in [3.05, 3.63) is 35.9 Å². The number of hydrogen-bond acceptors (Lipinski definition) is 4. The number of carbonyl (C=O) groups is 3. The first-order valence-corrected chi connectivity index (χ1v) is 14.0. The lowest BCUT2D eigenvalue weighted by Crippen LogP contribution is -2.65. The Morgan fingerprint density at radius 1 is 1.05 bits per heavy atom. The molecule has 1 aromatic carbocycles. The van der Waals surface area contributed by atoms with Crippen molar-refractivity contribution < 1.29 is 24.2 Å². The predicted octanol–water partition coefficient (Wildman–Crippen LogP) is 5.71. The van der Waals surface area contributed by atoms with Crippen molar-refractivity contribution in [1.82, 2.24) is 0 Å². The molecule has 2 amide bonds. The second-order valence-electron chi connectivity index (χ2n) is 13.2. The molecule has 7 rings (SSSR count). The molecule has 8 atom stereocenters. The molecule has 1 heterocycles. The van der Waals surface area contributed by atoms with E-state index in [1.165, 1.54) is 10.5 Å². The molecular formula is C31H39NO5. The number of fused-ring (bicyclic) bond motifs is 1. The number of allylic oxidation sites excluding steroid dienone is 2. The molecule has 0 radical (unpaired) electrons. The quantitative estimate of drug-likeness (QED) is 0.419. The molecule has 198 valence electrons. The zero-order valence-corrected chi connectivity index (χ0v) is 22.6. The van der Waals surface area contributed by atoms with Gasteiger partial charge in [-0.3, -0.25) is 19.3 Å². The highest BCUT2D eigenvalue weighted by Crippen LogP contribution is 2.74. The Morgan fingerprint density at radius 2 is 1.76 bits per heavy atom. The van der Waals surface area contributed by atoms with E-state index in [2.05, 4.69) is 26.8 Å². The molecule has 1 aromatic rings. The summed E-state index contributed by atoms with van der Waals surface area (Å²) in [6, 6.07) is 7.20. The van der Waals surface area contributed by atoms with E-state index in [0.717, 1.165) is 32.1 Å². The van der Waals surface area contributed by atoms with Gasteiger partial charge in [0.05, 0.1) is 30.0 Å². The van der Waals surface area contributed by atoms with Crippen molar-refractivity contribution in [2.24, 2.45) is 51.8 Å². The van der Waals surface area contributed by atoms with Gasteiger partial charge in [-0.2, -0.15) is 0 Å². The zero-order chi connectivity index (χ0) is 26.5. The van der Waals surface area contributed by atoms with E-state index in [4.69, 9.17) is 4.74 Å². The van der Waals surface area contributed by atoms with Crippen molar-refractivity contribution in [3.8, 4) is 5.75 Å². The summed E-state index contributed by atoms with van der Waals surface area (Å²) in [5.41, 5.74) is 0.645. The maximum absolute atomic E-state index is 14.3. The lowest BCUT2D eigenvalue weighted by Gasteiger charge is -2.68. The van der Waals surface area contributed by atoms with Gasteiger partial charge in [-0.1, -0.05) is 38.8 Å². The van der Waals surface area contributed by atoms with Crippen molar-refractivity contribution in [2.45, 2.75) is 66.2 Å². The minimum atomic E-state index is -0.736. The van der Waals surface area contributed by atoms with Crippen LogP contribution in [0.15, 0.2) is 35.9 Å². The van der Waals surface area contributed by atoms with Crippen LogP contribution in [0.25, 0.3) is 0 Å². The van der Waals surface area contributed by atoms with Crippen LogP contribution in [0.5, 0.6) is 5.75 Å². The molecule has 2 bridgehead atoms. The molecule has 6 aliphatic rings. The highest BCUT2D eigenvalue weighted by Gasteiger charge is 2.73. The Balaban J connectivity index is 1.47. The number of anilines is 1. The average Bonchev–Trinajstić information content (AvgIpc) is 3.15. The number of imide groups is 1. The zero-order valence-electron chi connectivity index (χ0n) is 22.6. The standard InChI is InChI=1S/C31H39NO5/c1-17(2)21-16-31-14-11-22-29(3,12-6-13-30(22,4)28(35)36)23(31)15-20(21)24-25(31)27(34)32(26(24)33)18-7-9-19(37-5)10-8-18/h7-10,16-17,20,22-25H,6,11-15H2,1-5H3,(H,35,36)/t20-,22+,23-,24-,25-,29-,30+,31-/m0/s1. The fourth-order valence-corrected chi connectivity index (χ4v) is 9.94. The van der Waals surface area contributed by atoms with Crippen LogP contribution in [0.1, 0.15) is 66.2 Å². The molecular weight excluding hydrogens is 466 g/mol. The Bertz CT molecular complexity index is 1200. The number of carbonyl (C=O) groups excluding carboxylic acids is 2. The van der Waals surface area contributed by atoms with Crippen LogP contribution in [0.3, 0.4) is 0 Å². The summed E-state index contributed by atoms with van der Waals surface area (Å²) < 4.78 is 5.29. The van der Waals surface area contributed by atoms with E-state index < -0.39 is 16.8 Å². The Labute approximate surface area is 219 Å². The summed E-state index contributed by atoms with van der Waals surface area (Å²) in [7, 11) is 1.60. The number of carboxylic acid groups (broad SMARTS) is 1. The van der Waals surface area contributed by atoms with Crippen molar-refractivity contribution >= 4 is 23.5 Å². The van der Waals surface area contributed by atoms with Gasteiger partial charge in [0.15, 0.2) is 0 Å². The third-order valence-corrected chi connectivity index (χ3v) is 11.5. The van der Waals surface area contributed by atoms with E-state index in [1.54, 1.807) is 31.4 Å². The SMILES string of the molecule is COc1ccc(N2C(=O)[C@@H]3[C@@H](C2=O)[C@@]24C=C(C(C)C)[C@@H]3C[C@H]2[C@@]2(C)CCC[C@@](C)(C(=O)O)[C@@H]2CC4)cc1. The molecule has 6 nitrogen and oxygen atoms in total. The number of aliphatic carboxylic acids is 1. The van der Waals surface area contributed by atoms with Crippen molar-refractivity contribution in [1.29, 1.82) is 0 Å². The minimum Gasteiger partial charge on any atom is -0.497 e. The molecule has 5 aliphatic carbocycles. The van der Waals surface area contributed by atoms with Crippen LogP contribution in [-0.4, -0.2) is 30.0 Å². The van der Waals surface area contributed by atoms with Gasteiger partial charge >= 0.3 is 5.97 Å². The first-order chi connectivity index (χ1) is 17.5. The molecule has 1 spiro atoms. The molecule has 1 aliphatic heterocycles. The normalized spacial score (nSPS) is 42.3. The number of amides is 2. The summed E-state index contributed by atoms with van der Waals surface area (Å²) in [5, 5.41) is 10.3. The van der Waals surface area contributed by atoms with Crippen molar-refractivity contribution in [2.75, 3.05) is 12.0 Å². The number of ether oxygens (including phenoxy) is 1. The Hall–Kier alpha value is -2.63. The highest BCUT2D eigenvalue weighted by atomic mass is 16.5. The van der Waals surface area contributed by atoms with Crippen LogP contribution in [0.2, 0.25) is 0 Å². The summed E-state index contributed by atoms with van der Waals surface area (Å²) >= 11 is 0. The Kier molecular flexibility index (Phi) is 5.30. The van der Waals surface area contributed by atoms with Gasteiger partial charge in [0, 0.05) is 5.41 Å². The summed E-state index contributed by atoms with van der Waals surface area (Å²) in [6.45, 7) is 8.66. The number of carboxylic acids is 1. The third-order valence-electron chi connectivity index (χ3n) is 11.5. The second-order valence-corrected chi connectivity index (χ2v) is 13.2. The van der Waals surface area contributed by atoms with Crippen molar-refractivity contribution in [3.63, 3.8) is 0 Å². The number of methoxy groups -OCH3 is 1. The van der Waals surface area contributed by atoms with Gasteiger partial charge in [-0.25, -0.2) is 0 Å². The lowest BCUT2D eigenvalue weighted by atomic mass is 9.34. The smallest absolute Gasteiger partial charge is 0.309 e. The average molecular weight is 506 g/mol. The lowest BCUT2D eigenvalue weighted by molar-refractivity contribution is -0.194. The van der Waals surface area contributed by atoms with Gasteiger partial charge in [0.1, 0.15) is 5.75 Å². The summed E-state index contributed by atoms with van der Waals surface area (Å²) in [5.74, 6) is -0.213. The van der Waals surface area contributed by atoms with Crippen LogP contribution >= 0.6 is 0 Å². The van der Waals surface area contributed by atoms with Crippen LogP contribution in [0.4, 0.5) is 5.69 Å². The molecule has 0 aromatic heterocycles. The molecule has 3 saturated carbocycles. The van der Waals surface area contributed by atoms with Gasteiger partial charge in [0.2, 0.25) is 11.8 Å². The third kappa shape index (κ3) is 3.01. The molecule has 1 saturated heterocycles. The number of rotatable bonds is 4. The molecule has 1 N–H and O–H groups in total. The van der Waals surface area contributed by atoms with E-state index in [0.29, 0.717) is 23.8 Å². The van der Waals surface area contributed by atoms with E-state index in [1.807, 2.05) is 6.92 Å². The fraction of sp³-hybridized carbons (Fsp3) is 0.645. The van der Waals surface area contributed by atoms with Crippen LogP contribution in [0, 0.1) is 51.8 Å². The Morgan fingerprint density at radius 3 is 2.38 bits per heavy atom. The topological polar surface area (TPSA) is 83.9 Å². The number of benzene rings is 1. The minimum absolute atomic E-state index is 0.0326. The van der Waals surface area contributed by atoms with E-state index >= 15 is 0 Å².